The molecule has 0 bridgehead atoms. The van der Waals surface area contributed by atoms with E-state index < -0.39 is 26.1 Å². The Labute approximate surface area is 97.1 Å². The van der Waals surface area contributed by atoms with E-state index in [1.54, 1.807) is 0 Å². The van der Waals surface area contributed by atoms with Gasteiger partial charge in [-0.2, -0.15) is 0 Å². The van der Waals surface area contributed by atoms with Gasteiger partial charge < -0.3 is 9.64 Å². The van der Waals surface area contributed by atoms with Crippen LogP contribution >= 0.6 is 15.9 Å². The smallest absolute Gasteiger partial charge is 0.106 e. The Morgan fingerprint density at radius 2 is 2.69 bits per heavy atom. The second-order valence-electron chi connectivity index (χ2n) is 2.33. The summed E-state index contributed by atoms with van der Waals surface area (Å²) in [5.74, 6) is 0. The molecule has 4 heteroatoms. The van der Waals surface area contributed by atoms with Gasteiger partial charge in [-0.15, -0.1) is 0 Å². The van der Waals surface area contributed by atoms with Crippen molar-refractivity contribution in [3.05, 3.63) is 22.9 Å². The molecule has 0 atom stereocenters. The highest BCUT2D eigenvalue weighted by atomic mass is 79.9. The molecule has 70 valence electrons. The lowest BCUT2D eigenvalue weighted by atomic mass is 10.1. The monoisotopic (exact) mass is 250 g/mol. The van der Waals surface area contributed by atoms with Crippen LogP contribution in [0.4, 0.5) is 5.69 Å². The Balaban J connectivity index is 2.42. The molecular weight excluding hydrogens is 232 g/mol. The van der Waals surface area contributed by atoms with Crippen molar-refractivity contribution in [3.63, 3.8) is 0 Å². The quantitative estimate of drug-likeness (QED) is 0.748. The van der Waals surface area contributed by atoms with E-state index in [2.05, 4.69) is 25.7 Å². The molecule has 1 saturated heterocycles. The first kappa shape index (κ1) is 3.51. The fraction of sp³-hybridized carbons (Fsp3) is 0.444. The van der Waals surface area contributed by atoms with Crippen molar-refractivity contribution in [2.45, 2.75) is 6.08 Å². The Kier molecular flexibility index (Phi) is 0.983. The summed E-state index contributed by atoms with van der Waals surface area (Å²) in [6, 6.07) is 2.89. The largest absolute Gasteiger partial charge is 0.378 e. The number of halogens is 1. The van der Waals surface area contributed by atoms with Crippen molar-refractivity contribution in [1.29, 1.82) is 0 Å². The van der Waals surface area contributed by atoms with E-state index in [1.807, 2.05) is 0 Å². The highest BCUT2D eigenvalue weighted by Gasteiger charge is 2.26. The highest BCUT2D eigenvalue weighted by Crippen LogP contribution is 2.22. The van der Waals surface area contributed by atoms with Gasteiger partial charge in [0.1, 0.15) is 4.60 Å². The lowest BCUT2D eigenvalue weighted by Gasteiger charge is -2.39. The average molecular weight is 251 g/mol. The predicted molar refractivity (Wildman–Crippen MR) is 54.9 cm³/mol. The molecule has 0 amide bonds. The maximum atomic E-state index is 7.86. The van der Waals surface area contributed by atoms with Crippen molar-refractivity contribution in [2.75, 3.05) is 24.9 Å². The van der Waals surface area contributed by atoms with Gasteiger partial charge in [-0.05, 0) is 28.1 Å². The minimum absolute atomic E-state index is 0.0743. The Bertz CT molecular complexity index is 530. The van der Waals surface area contributed by atoms with E-state index in [0.29, 0.717) is 9.50 Å². The number of ether oxygens (including phenoxy) is 1. The number of nitrogens with zero attached hydrogens (tertiary/aromatic N) is 2. The first-order chi connectivity index (χ1) is 9.33. The summed E-state index contributed by atoms with van der Waals surface area (Å²) in [7, 11) is -3.09. The maximum Gasteiger partial charge on any atom is 0.106 e. The molecule has 0 aromatic carbocycles. The van der Waals surface area contributed by atoms with Crippen LogP contribution in [-0.4, -0.2) is 31.1 Å². The highest BCUT2D eigenvalue weighted by molar-refractivity contribution is 9.10. The number of hydrogen-bond acceptors (Lipinski definition) is 3. The van der Waals surface area contributed by atoms with Crippen LogP contribution in [0.25, 0.3) is 0 Å². The summed E-state index contributed by atoms with van der Waals surface area (Å²) >= 11 is 3.10. The van der Waals surface area contributed by atoms with E-state index in [-0.39, 0.29) is 5.69 Å². The maximum absolute atomic E-state index is 7.86. The normalized spacial score (nSPS) is 37.5. The number of pyridine rings is 1. The SMILES string of the molecule is [2H]C([2H])([2H])OC1([2H])C([2H])([2H])N(c2ccc(Br)nc2)C1([2H])[2H]. The van der Waals surface area contributed by atoms with Crippen molar-refractivity contribution in [3.8, 4) is 0 Å². The third kappa shape index (κ3) is 1.84. The fourth-order valence-corrected chi connectivity index (χ4v) is 1.11. The number of methoxy groups -OCH3 is 1. The zero-order valence-corrected chi connectivity index (χ0v) is 8.00. The molecule has 0 aliphatic carbocycles. The molecular formula is C9H11BrN2O. The summed E-state index contributed by atoms with van der Waals surface area (Å²) < 4.78 is 65.1. The number of rotatable bonds is 2. The summed E-state index contributed by atoms with van der Waals surface area (Å²) in [6.45, 7) is -5.36. The van der Waals surface area contributed by atoms with Crippen LogP contribution in [0.1, 0.15) is 11.0 Å². The van der Waals surface area contributed by atoms with E-state index >= 15 is 0 Å². The van der Waals surface area contributed by atoms with Crippen molar-refractivity contribution >= 4 is 21.6 Å². The van der Waals surface area contributed by atoms with Crippen molar-refractivity contribution in [2.24, 2.45) is 0 Å². The fourth-order valence-electron chi connectivity index (χ4n) is 0.878. The standard InChI is InChI=1S/C9H11BrN2O/c1-13-8-5-12(6-8)7-2-3-9(10)11-4-7/h2-4,8H,5-6H2,1H3/i1D3,5D2,6D2,8D. The minimum Gasteiger partial charge on any atom is -0.378 e. The zero-order chi connectivity index (χ0) is 16.3. The van der Waals surface area contributed by atoms with Crippen LogP contribution < -0.4 is 4.90 Å². The summed E-state index contributed by atoms with van der Waals surface area (Å²) in [6.07, 6.45) is -1.67. The van der Waals surface area contributed by atoms with Gasteiger partial charge >= 0.3 is 0 Å². The first-order valence-electron chi connectivity index (χ1n) is 7.45. The molecule has 0 unspecified atom stereocenters. The van der Waals surface area contributed by atoms with Crippen LogP contribution in [0.3, 0.4) is 0 Å². The van der Waals surface area contributed by atoms with Gasteiger partial charge in [0.05, 0.1) is 28.9 Å². The summed E-state index contributed by atoms with van der Waals surface area (Å²) in [4.78, 5) is 4.50. The minimum atomic E-state index is -3.09. The molecule has 1 fully saturated rings. The van der Waals surface area contributed by atoms with Gasteiger partial charge in [-0.1, -0.05) is 0 Å². The van der Waals surface area contributed by atoms with Crippen molar-refractivity contribution in [1.82, 2.24) is 4.98 Å². The molecule has 0 spiro atoms. The number of anilines is 1. The number of aromatic nitrogens is 1. The molecule has 1 aliphatic rings. The lowest BCUT2D eigenvalue weighted by molar-refractivity contribution is 0.0787. The summed E-state index contributed by atoms with van der Waals surface area (Å²) in [5.41, 5.74) is 0.0743. The predicted octanol–water partition coefficient (Wildman–Crippen LogP) is 1.68. The van der Waals surface area contributed by atoms with Gasteiger partial charge in [0.2, 0.25) is 0 Å². The van der Waals surface area contributed by atoms with Crippen LogP contribution in [0.2, 0.25) is 0 Å². The molecule has 1 aromatic heterocycles. The topological polar surface area (TPSA) is 25.4 Å². The zero-order valence-electron chi connectivity index (χ0n) is 14.4. The molecule has 13 heavy (non-hydrogen) atoms. The third-order valence-corrected chi connectivity index (χ3v) is 1.97. The van der Waals surface area contributed by atoms with E-state index in [9.17, 15) is 0 Å². The molecule has 0 saturated carbocycles. The van der Waals surface area contributed by atoms with E-state index in [4.69, 9.17) is 11.0 Å². The van der Waals surface area contributed by atoms with Gasteiger partial charge in [-0.25, -0.2) is 4.98 Å². The second kappa shape index (κ2) is 3.64. The molecule has 0 N–H and O–H groups in total. The van der Waals surface area contributed by atoms with Gasteiger partial charge in [-0.3, -0.25) is 0 Å². The molecule has 1 aromatic rings. The van der Waals surface area contributed by atoms with Crippen LogP contribution in [-0.2, 0) is 4.74 Å². The van der Waals surface area contributed by atoms with E-state index in [0.717, 1.165) is 0 Å². The van der Waals surface area contributed by atoms with Gasteiger partial charge in [0.25, 0.3) is 0 Å². The van der Waals surface area contributed by atoms with Crippen LogP contribution in [0.15, 0.2) is 22.9 Å². The molecule has 2 rings (SSSR count). The third-order valence-electron chi connectivity index (χ3n) is 1.50. The number of hydrogen-bond donors (Lipinski definition) is 0. The lowest BCUT2D eigenvalue weighted by Crippen LogP contribution is -2.51. The van der Waals surface area contributed by atoms with Crippen LogP contribution in [0, 0.1) is 0 Å². The molecule has 2 heterocycles. The van der Waals surface area contributed by atoms with Gasteiger partial charge in [0.15, 0.2) is 0 Å². The Morgan fingerprint density at radius 3 is 3.31 bits per heavy atom. The van der Waals surface area contributed by atoms with Gasteiger partial charge in [0, 0.05) is 20.0 Å². The average Bonchev–Trinajstić information content (AvgIpc) is 2.28. The first-order valence-corrected chi connectivity index (χ1v) is 4.24. The Morgan fingerprint density at radius 1 is 1.85 bits per heavy atom. The van der Waals surface area contributed by atoms with Crippen LogP contribution in [0.5, 0.6) is 0 Å². The molecule has 3 nitrogen and oxygen atoms in total. The molecule has 0 radical (unpaired) electrons. The summed E-state index contributed by atoms with van der Waals surface area (Å²) in [5, 5.41) is 0. The van der Waals surface area contributed by atoms with Crippen molar-refractivity contribution < 1.29 is 15.7 Å². The molecule has 1 aliphatic heterocycles. The Hall–Kier alpha value is -0.610. The second-order valence-corrected chi connectivity index (χ2v) is 3.14. The van der Waals surface area contributed by atoms with E-state index in [1.165, 1.54) is 18.3 Å².